The molecular weight excluding hydrogens is 226 g/mol. The van der Waals surface area contributed by atoms with E-state index in [0.29, 0.717) is 12.1 Å². The van der Waals surface area contributed by atoms with E-state index in [1.807, 2.05) is 6.92 Å². The molecule has 0 aromatic carbocycles. The summed E-state index contributed by atoms with van der Waals surface area (Å²) in [4.78, 5) is 2.57. The Hall–Kier alpha value is -0.870. The van der Waals surface area contributed by atoms with Gasteiger partial charge in [-0.05, 0) is 32.1 Å². The zero-order valence-corrected chi connectivity index (χ0v) is 11.4. The summed E-state index contributed by atoms with van der Waals surface area (Å²) < 4.78 is 5.36. The summed E-state index contributed by atoms with van der Waals surface area (Å²) in [7, 11) is 0. The van der Waals surface area contributed by atoms with E-state index in [2.05, 4.69) is 28.4 Å². The summed E-state index contributed by atoms with van der Waals surface area (Å²) >= 11 is 0. The molecular formula is C14H23N3O. The van der Waals surface area contributed by atoms with E-state index >= 15 is 0 Å². The average molecular weight is 249 g/mol. The van der Waals surface area contributed by atoms with Gasteiger partial charge in [0, 0.05) is 31.2 Å². The van der Waals surface area contributed by atoms with Crippen molar-refractivity contribution in [3.05, 3.63) is 17.5 Å². The van der Waals surface area contributed by atoms with Gasteiger partial charge in [-0.25, -0.2) is 0 Å². The van der Waals surface area contributed by atoms with Crippen LogP contribution in [0.25, 0.3) is 0 Å². The fourth-order valence-corrected chi connectivity index (χ4v) is 2.98. The van der Waals surface area contributed by atoms with E-state index in [4.69, 9.17) is 4.52 Å². The van der Waals surface area contributed by atoms with Crippen molar-refractivity contribution >= 4 is 0 Å². The van der Waals surface area contributed by atoms with Gasteiger partial charge in [-0.15, -0.1) is 0 Å². The summed E-state index contributed by atoms with van der Waals surface area (Å²) in [6.45, 7) is 7.43. The van der Waals surface area contributed by atoms with Gasteiger partial charge in [-0.3, -0.25) is 4.90 Å². The Labute approximate surface area is 109 Å². The fraction of sp³-hybridized carbons (Fsp3) is 0.786. The van der Waals surface area contributed by atoms with Crippen molar-refractivity contribution in [3.63, 3.8) is 0 Å². The van der Waals surface area contributed by atoms with Crippen LogP contribution in [0.3, 0.4) is 0 Å². The van der Waals surface area contributed by atoms with Crippen molar-refractivity contribution in [2.45, 2.75) is 51.7 Å². The highest BCUT2D eigenvalue weighted by Gasteiger charge is 2.36. The second kappa shape index (κ2) is 5.02. The second-order valence-electron chi connectivity index (χ2n) is 5.78. The van der Waals surface area contributed by atoms with Crippen molar-refractivity contribution < 1.29 is 4.52 Å². The molecule has 1 aromatic heterocycles. The van der Waals surface area contributed by atoms with Crippen LogP contribution in [0.1, 0.15) is 37.6 Å². The van der Waals surface area contributed by atoms with E-state index in [9.17, 15) is 0 Å². The molecule has 0 spiro atoms. The average Bonchev–Trinajstić information content (AvgIpc) is 3.14. The maximum absolute atomic E-state index is 5.36. The van der Waals surface area contributed by atoms with Crippen LogP contribution in [0.2, 0.25) is 0 Å². The van der Waals surface area contributed by atoms with Crippen LogP contribution < -0.4 is 5.32 Å². The predicted molar refractivity (Wildman–Crippen MR) is 70.2 cm³/mol. The lowest BCUT2D eigenvalue weighted by atomic mass is 10.0. The van der Waals surface area contributed by atoms with E-state index in [0.717, 1.165) is 37.0 Å². The van der Waals surface area contributed by atoms with Crippen LogP contribution in [0.4, 0.5) is 0 Å². The molecule has 0 bridgehead atoms. The van der Waals surface area contributed by atoms with Gasteiger partial charge >= 0.3 is 0 Å². The minimum absolute atomic E-state index is 0.630. The number of nitrogens with one attached hydrogen (secondary N) is 1. The van der Waals surface area contributed by atoms with Crippen LogP contribution in [0, 0.1) is 12.8 Å². The normalized spacial score (nSPS) is 29.7. The minimum Gasteiger partial charge on any atom is -0.360 e. The monoisotopic (exact) mass is 249 g/mol. The SMILES string of the molecule is CCC1CNC(C2CC2)CN1Cc1cc(C)no1. The second-order valence-corrected chi connectivity index (χ2v) is 5.78. The molecule has 1 saturated carbocycles. The summed E-state index contributed by atoms with van der Waals surface area (Å²) in [5.74, 6) is 1.92. The van der Waals surface area contributed by atoms with Crippen molar-refractivity contribution in [1.82, 2.24) is 15.4 Å². The molecule has 1 saturated heterocycles. The highest BCUT2D eigenvalue weighted by atomic mass is 16.5. The summed E-state index contributed by atoms with van der Waals surface area (Å²) in [6, 6.07) is 3.38. The van der Waals surface area contributed by atoms with Crippen molar-refractivity contribution in [3.8, 4) is 0 Å². The van der Waals surface area contributed by atoms with E-state index < -0.39 is 0 Å². The third-order valence-electron chi connectivity index (χ3n) is 4.26. The molecule has 0 radical (unpaired) electrons. The molecule has 1 aliphatic carbocycles. The van der Waals surface area contributed by atoms with Crippen LogP contribution in [0.5, 0.6) is 0 Å². The van der Waals surface area contributed by atoms with Gasteiger partial charge in [-0.1, -0.05) is 12.1 Å². The molecule has 100 valence electrons. The molecule has 2 atom stereocenters. The molecule has 4 heteroatoms. The molecule has 2 heterocycles. The highest BCUT2D eigenvalue weighted by Crippen LogP contribution is 2.34. The number of hydrogen-bond acceptors (Lipinski definition) is 4. The number of hydrogen-bond donors (Lipinski definition) is 1. The molecule has 3 rings (SSSR count). The maximum Gasteiger partial charge on any atom is 0.150 e. The van der Waals surface area contributed by atoms with Crippen LogP contribution in [-0.4, -0.2) is 35.2 Å². The summed E-state index contributed by atoms with van der Waals surface area (Å²) in [5, 5.41) is 7.70. The van der Waals surface area contributed by atoms with Gasteiger partial charge in [0.2, 0.25) is 0 Å². The van der Waals surface area contributed by atoms with Gasteiger partial charge in [-0.2, -0.15) is 0 Å². The summed E-state index contributed by atoms with van der Waals surface area (Å²) in [6.07, 6.45) is 4.00. The molecule has 2 unspecified atom stereocenters. The Balaban J connectivity index is 1.65. The third kappa shape index (κ3) is 2.59. The van der Waals surface area contributed by atoms with Crippen LogP contribution in [0.15, 0.2) is 10.6 Å². The first-order valence-corrected chi connectivity index (χ1v) is 7.16. The number of aryl methyl sites for hydroxylation is 1. The van der Waals surface area contributed by atoms with Crippen molar-refractivity contribution in [1.29, 1.82) is 0 Å². The Kier molecular flexibility index (Phi) is 3.39. The molecule has 1 aromatic rings. The number of aromatic nitrogens is 1. The van der Waals surface area contributed by atoms with Crippen molar-refractivity contribution in [2.75, 3.05) is 13.1 Å². The Morgan fingerprint density at radius 3 is 2.94 bits per heavy atom. The third-order valence-corrected chi connectivity index (χ3v) is 4.26. The number of piperazine rings is 1. The lowest BCUT2D eigenvalue weighted by Crippen LogP contribution is -2.56. The number of rotatable bonds is 4. The quantitative estimate of drug-likeness (QED) is 0.885. The largest absolute Gasteiger partial charge is 0.360 e. The molecule has 4 nitrogen and oxygen atoms in total. The molecule has 1 N–H and O–H groups in total. The fourth-order valence-electron chi connectivity index (χ4n) is 2.98. The van der Waals surface area contributed by atoms with Gasteiger partial charge < -0.3 is 9.84 Å². The minimum atomic E-state index is 0.630. The maximum atomic E-state index is 5.36. The van der Waals surface area contributed by atoms with Crippen LogP contribution in [-0.2, 0) is 6.54 Å². The Morgan fingerprint density at radius 1 is 1.50 bits per heavy atom. The topological polar surface area (TPSA) is 41.3 Å². The molecule has 1 aliphatic heterocycles. The van der Waals surface area contributed by atoms with Crippen molar-refractivity contribution in [2.24, 2.45) is 5.92 Å². The highest BCUT2D eigenvalue weighted by molar-refractivity contribution is 5.04. The molecule has 0 amide bonds. The van der Waals surface area contributed by atoms with Gasteiger partial charge in [0.05, 0.1) is 12.2 Å². The smallest absolute Gasteiger partial charge is 0.150 e. The lowest BCUT2D eigenvalue weighted by Gasteiger charge is -2.39. The van der Waals surface area contributed by atoms with Gasteiger partial charge in [0.25, 0.3) is 0 Å². The van der Waals surface area contributed by atoms with Gasteiger partial charge in [0.15, 0.2) is 5.76 Å². The first-order chi connectivity index (χ1) is 8.76. The zero-order valence-electron chi connectivity index (χ0n) is 11.4. The summed E-state index contributed by atoms with van der Waals surface area (Å²) in [5.41, 5.74) is 0.979. The molecule has 2 fully saturated rings. The van der Waals surface area contributed by atoms with Gasteiger partial charge in [0.1, 0.15) is 0 Å². The Bertz CT molecular complexity index is 399. The first-order valence-electron chi connectivity index (χ1n) is 7.16. The van der Waals surface area contributed by atoms with E-state index in [1.165, 1.54) is 19.3 Å². The lowest BCUT2D eigenvalue weighted by molar-refractivity contribution is 0.101. The van der Waals surface area contributed by atoms with Crippen LogP contribution >= 0.6 is 0 Å². The zero-order chi connectivity index (χ0) is 12.5. The standard InChI is InChI=1S/C14H23N3O/c1-3-12-7-15-14(11-4-5-11)9-17(12)8-13-6-10(2)16-18-13/h6,11-12,14-15H,3-5,7-9H2,1-2H3. The molecule has 2 aliphatic rings. The predicted octanol–water partition coefficient (Wildman–Crippen LogP) is 1.95. The Morgan fingerprint density at radius 2 is 2.33 bits per heavy atom. The number of nitrogens with zero attached hydrogens (tertiary/aromatic N) is 2. The van der Waals surface area contributed by atoms with E-state index in [-0.39, 0.29) is 0 Å². The van der Waals surface area contributed by atoms with E-state index in [1.54, 1.807) is 0 Å². The molecule has 18 heavy (non-hydrogen) atoms. The first kappa shape index (κ1) is 12.2.